The Morgan fingerprint density at radius 3 is 2.29 bits per heavy atom. The number of alkyl carbamates (subject to hydrolysis) is 1. The maximum Gasteiger partial charge on any atom is 0.408 e. The zero-order valence-corrected chi connectivity index (χ0v) is 18.5. The van der Waals surface area contributed by atoms with Crippen LogP contribution in [0.25, 0.3) is 0 Å². The van der Waals surface area contributed by atoms with Crippen molar-refractivity contribution in [2.24, 2.45) is 0 Å². The van der Waals surface area contributed by atoms with Crippen molar-refractivity contribution in [1.82, 2.24) is 5.32 Å². The van der Waals surface area contributed by atoms with Gasteiger partial charge in [-0.05, 0) is 51.5 Å². The first kappa shape index (κ1) is 24.1. The number of amides is 3. The van der Waals surface area contributed by atoms with Gasteiger partial charge in [-0.2, -0.15) is 0 Å². The first-order valence-electron chi connectivity index (χ1n) is 9.66. The molecule has 2 rings (SSSR count). The fourth-order valence-corrected chi connectivity index (χ4v) is 2.89. The van der Waals surface area contributed by atoms with E-state index in [0.717, 1.165) is 0 Å². The molecule has 0 spiro atoms. The molecule has 3 amide bonds. The molecule has 0 fully saturated rings. The van der Waals surface area contributed by atoms with Gasteiger partial charge in [0, 0.05) is 0 Å². The molecule has 0 radical (unpaired) electrons. The summed E-state index contributed by atoms with van der Waals surface area (Å²) >= 11 is 6.19. The third-order valence-electron chi connectivity index (χ3n) is 4.04. The zero-order valence-electron chi connectivity index (χ0n) is 17.7. The maximum atomic E-state index is 13.9. The molecule has 0 unspecified atom stereocenters. The molecule has 0 saturated carbocycles. The second kappa shape index (κ2) is 10.3. The minimum Gasteiger partial charge on any atom is -0.444 e. The number of hydrogen-bond donors (Lipinski definition) is 3. The van der Waals surface area contributed by atoms with Crippen molar-refractivity contribution < 1.29 is 23.5 Å². The summed E-state index contributed by atoms with van der Waals surface area (Å²) in [5.41, 5.74) is -0.657. The highest BCUT2D eigenvalue weighted by molar-refractivity contribution is 6.35. The highest BCUT2D eigenvalue weighted by Crippen LogP contribution is 2.26. The van der Waals surface area contributed by atoms with Gasteiger partial charge in [-0.15, -0.1) is 0 Å². The van der Waals surface area contributed by atoms with Crippen molar-refractivity contribution in [2.45, 2.75) is 45.8 Å². The minimum atomic E-state index is -0.906. The van der Waals surface area contributed by atoms with Crippen molar-refractivity contribution in [1.29, 1.82) is 0 Å². The molecule has 0 bridgehead atoms. The monoisotopic (exact) mass is 449 g/mol. The van der Waals surface area contributed by atoms with E-state index in [1.54, 1.807) is 39.8 Å². The van der Waals surface area contributed by atoms with Crippen LogP contribution in [0.1, 0.15) is 44.5 Å². The number of ether oxygens (including phenoxy) is 1. The molecular weight excluding hydrogens is 425 g/mol. The normalized spacial score (nSPS) is 11.9. The van der Waals surface area contributed by atoms with Gasteiger partial charge in [-0.1, -0.05) is 36.7 Å². The second-order valence-corrected chi connectivity index (χ2v) is 8.10. The van der Waals surface area contributed by atoms with Crippen LogP contribution in [-0.2, 0) is 9.53 Å². The number of benzene rings is 2. The van der Waals surface area contributed by atoms with Gasteiger partial charge in [0.05, 0.1) is 22.0 Å². The Kier molecular flexibility index (Phi) is 7.99. The number of carbonyl (C=O) groups excluding carboxylic acids is 3. The Morgan fingerprint density at radius 1 is 1.03 bits per heavy atom. The van der Waals surface area contributed by atoms with Crippen LogP contribution in [0.15, 0.2) is 42.5 Å². The van der Waals surface area contributed by atoms with E-state index in [-0.39, 0.29) is 28.4 Å². The topological polar surface area (TPSA) is 96.5 Å². The molecule has 0 heterocycles. The van der Waals surface area contributed by atoms with Gasteiger partial charge in [0.25, 0.3) is 5.91 Å². The lowest BCUT2D eigenvalue weighted by molar-refractivity contribution is -0.118. The number of rotatable bonds is 6. The van der Waals surface area contributed by atoms with Crippen molar-refractivity contribution in [3.63, 3.8) is 0 Å². The fraction of sp³-hybridized carbons (Fsp3) is 0.318. The molecule has 166 valence electrons. The van der Waals surface area contributed by atoms with E-state index in [9.17, 15) is 18.8 Å². The summed E-state index contributed by atoms with van der Waals surface area (Å²) in [6, 6.07) is 9.29. The smallest absolute Gasteiger partial charge is 0.408 e. The first-order valence-corrected chi connectivity index (χ1v) is 10.0. The Hall–Kier alpha value is -3.13. The van der Waals surface area contributed by atoms with E-state index in [2.05, 4.69) is 16.0 Å². The number of hydrogen-bond acceptors (Lipinski definition) is 4. The molecule has 0 saturated heterocycles. The van der Waals surface area contributed by atoms with E-state index in [1.807, 2.05) is 0 Å². The standard InChI is InChI=1S/C22H25ClFN3O4/c1-5-15(27-21(30)31-22(2,3)4)19(28)26-17-12-8-9-13(23)18(17)20(29)25-16-11-7-6-10-14(16)24/h6-12,15H,5H2,1-4H3,(H,25,29)(H,26,28)(H,27,30)/t15-/m0/s1. The quantitative estimate of drug-likeness (QED) is 0.579. The number of halogens is 2. The molecule has 0 aliphatic heterocycles. The Balaban J connectivity index is 2.20. The van der Waals surface area contributed by atoms with E-state index in [1.165, 1.54) is 30.3 Å². The van der Waals surface area contributed by atoms with Gasteiger partial charge in [0.2, 0.25) is 5.91 Å². The van der Waals surface area contributed by atoms with Crippen LogP contribution in [0, 0.1) is 5.82 Å². The van der Waals surface area contributed by atoms with Crippen LogP contribution in [0.5, 0.6) is 0 Å². The summed E-state index contributed by atoms with van der Waals surface area (Å²) in [5, 5.41) is 7.61. The summed E-state index contributed by atoms with van der Waals surface area (Å²) in [6.07, 6.45) is -0.458. The summed E-state index contributed by atoms with van der Waals surface area (Å²) in [5.74, 6) is -1.86. The van der Waals surface area contributed by atoms with Crippen LogP contribution < -0.4 is 16.0 Å². The summed E-state index contributed by atoms with van der Waals surface area (Å²) < 4.78 is 19.1. The highest BCUT2D eigenvalue weighted by Gasteiger charge is 2.25. The minimum absolute atomic E-state index is 0.0253. The largest absolute Gasteiger partial charge is 0.444 e. The molecule has 2 aromatic rings. The van der Waals surface area contributed by atoms with E-state index in [0.29, 0.717) is 0 Å². The Morgan fingerprint density at radius 2 is 1.68 bits per heavy atom. The van der Waals surface area contributed by atoms with E-state index < -0.39 is 35.4 Å². The third kappa shape index (κ3) is 6.96. The molecule has 0 aliphatic rings. The molecule has 2 aromatic carbocycles. The average molecular weight is 450 g/mol. The zero-order chi connectivity index (χ0) is 23.2. The third-order valence-corrected chi connectivity index (χ3v) is 4.35. The van der Waals surface area contributed by atoms with E-state index in [4.69, 9.17) is 16.3 Å². The highest BCUT2D eigenvalue weighted by atomic mass is 35.5. The predicted octanol–water partition coefficient (Wildman–Crippen LogP) is 4.97. The van der Waals surface area contributed by atoms with Crippen molar-refractivity contribution in [3.8, 4) is 0 Å². The second-order valence-electron chi connectivity index (χ2n) is 7.69. The lowest BCUT2D eigenvalue weighted by Gasteiger charge is -2.23. The van der Waals surface area contributed by atoms with Gasteiger partial charge in [0.1, 0.15) is 17.5 Å². The lowest BCUT2D eigenvalue weighted by atomic mass is 10.1. The Labute approximate surface area is 185 Å². The molecule has 7 nitrogen and oxygen atoms in total. The summed E-state index contributed by atoms with van der Waals surface area (Å²) in [4.78, 5) is 37.5. The van der Waals surface area contributed by atoms with Crippen LogP contribution >= 0.6 is 11.6 Å². The van der Waals surface area contributed by atoms with Crippen LogP contribution in [0.2, 0.25) is 5.02 Å². The first-order chi connectivity index (χ1) is 14.5. The lowest BCUT2D eigenvalue weighted by Crippen LogP contribution is -2.45. The van der Waals surface area contributed by atoms with Crippen LogP contribution in [-0.4, -0.2) is 29.6 Å². The van der Waals surface area contributed by atoms with Crippen molar-refractivity contribution in [2.75, 3.05) is 10.6 Å². The summed E-state index contributed by atoms with van der Waals surface area (Å²) in [6.45, 7) is 6.84. The van der Waals surface area contributed by atoms with E-state index >= 15 is 0 Å². The molecule has 1 atom stereocenters. The number of carbonyl (C=O) groups is 3. The van der Waals surface area contributed by atoms with Gasteiger partial charge < -0.3 is 20.7 Å². The predicted molar refractivity (Wildman–Crippen MR) is 118 cm³/mol. The fourth-order valence-electron chi connectivity index (χ4n) is 2.63. The number of nitrogens with one attached hydrogen (secondary N) is 3. The SMILES string of the molecule is CC[C@H](NC(=O)OC(C)(C)C)C(=O)Nc1cccc(Cl)c1C(=O)Nc1ccccc1F. The van der Waals surface area contributed by atoms with Crippen LogP contribution in [0.4, 0.5) is 20.6 Å². The molecular formula is C22H25ClFN3O4. The van der Waals surface area contributed by atoms with Crippen molar-refractivity contribution in [3.05, 3.63) is 58.9 Å². The Bertz CT molecular complexity index is 975. The maximum absolute atomic E-state index is 13.9. The van der Waals surface area contributed by atoms with Gasteiger partial charge in [-0.25, -0.2) is 9.18 Å². The average Bonchev–Trinajstić information content (AvgIpc) is 2.66. The molecule has 0 aromatic heterocycles. The number of anilines is 2. The van der Waals surface area contributed by atoms with Gasteiger partial charge in [-0.3, -0.25) is 9.59 Å². The summed E-state index contributed by atoms with van der Waals surface area (Å²) in [7, 11) is 0. The van der Waals surface area contributed by atoms with Crippen molar-refractivity contribution >= 4 is 40.9 Å². The van der Waals surface area contributed by atoms with Gasteiger partial charge in [0.15, 0.2) is 0 Å². The molecule has 31 heavy (non-hydrogen) atoms. The van der Waals surface area contributed by atoms with Crippen LogP contribution in [0.3, 0.4) is 0 Å². The molecule has 0 aliphatic carbocycles. The molecule has 3 N–H and O–H groups in total. The number of para-hydroxylation sites is 1. The molecule has 9 heteroatoms. The van der Waals surface area contributed by atoms with Gasteiger partial charge >= 0.3 is 6.09 Å².